The summed E-state index contributed by atoms with van der Waals surface area (Å²) in [7, 11) is 1.62. The number of carbonyl (C=O) groups is 2. The first-order valence-corrected chi connectivity index (χ1v) is 8.36. The van der Waals surface area contributed by atoms with Crippen LogP contribution in [0.1, 0.15) is 34.8 Å². The number of amides is 1. The Kier molecular flexibility index (Phi) is 4.98. The quantitative estimate of drug-likeness (QED) is 0.629. The molecule has 4 nitrogen and oxygen atoms in total. The number of hydrogen-bond donors (Lipinski definition) is 0. The molecule has 0 aromatic heterocycles. The molecule has 4 heteroatoms. The van der Waals surface area contributed by atoms with Crippen LogP contribution in [0.2, 0.25) is 0 Å². The third kappa shape index (κ3) is 3.79. The van der Waals surface area contributed by atoms with Crippen molar-refractivity contribution >= 4 is 23.5 Å². The van der Waals surface area contributed by atoms with E-state index in [9.17, 15) is 9.59 Å². The normalized spacial score (nSPS) is 13.6. The summed E-state index contributed by atoms with van der Waals surface area (Å²) in [6, 6.07) is 13.2. The fraction of sp³-hybridized carbons (Fsp3) is 0.238. The number of carbonyl (C=O) groups excluding carboxylic acids is 2. The number of anilines is 1. The number of hydrogen-bond acceptors (Lipinski definition) is 3. The van der Waals surface area contributed by atoms with Crippen LogP contribution < -0.4 is 9.64 Å². The van der Waals surface area contributed by atoms with Crippen molar-refractivity contribution in [2.24, 2.45) is 0 Å². The van der Waals surface area contributed by atoms with E-state index in [-0.39, 0.29) is 11.7 Å². The maximum Gasteiger partial charge on any atom is 0.250 e. The van der Waals surface area contributed by atoms with Gasteiger partial charge in [0.05, 0.1) is 7.11 Å². The van der Waals surface area contributed by atoms with Crippen molar-refractivity contribution in [3.05, 3.63) is 65.2 Å². The Morgan fingerprint density at radius 3 is 2.76 bits per heavy atom. The Balaban J connectivity index is 1.85. The van der Waals surface area contributed by atoms with Crippen LogP contribution >= 0.6 is 0 Å². The van der Waals surface area contributed by atoms with E-state index in [1.807, 2.05) is 42.5 Å². The number of benzene rings is 2. The number of fused-ring (bicyclic) bond motifs is 1. The zero-order chi connectivity index (χ0) is 17.8. The molecule has 0 aliphatic carbocycles. The number of aryl methyl sites for hydroxylation is 1. The number of ketones is 1. The van der Waals surface area contributed by atoms with Gasteiger partial charge in [-0.3, -0.25) is 9.59 Å². The molecule has 2 aromatic rings. The number of rotatable bonds is 4. The van der Waals surface area contributed by atoms with E-state index in [2.05, 4.69) is 0 Å². The van der Waals surface area contributed by atoms with Gasteiger partial charge in [-0.05, 0) is 55.2 Å². The summed E-state index contributed by atoms with van der Waals surface area (Å²) in [4.78, 5) is 26.1. The lowest BCUT2D eigenvalue weighted by Gasteiger charge is -2.29. The molecule has 0 bridgehead atoms. The maximum absolute atomic E-state index is 12.7. The van der Waals surface area contributed by atoms with Crippen molar-refractivity contribution in [2.45, 2.75) is 19.8 Å². The van der Waals surface area contributed by atoms with E-state index < -0.39 is 0 Å². The molecule has 0 radical (unpaired) electrons. The van der Waals surface area contributed by atoms with Gasteiger partial charge in [-0.2, -0.15) is 0 Å². The second-order valence-corrected chi connectivity index (χ2v) is 6.10. The molecule has 0 atom stereocenters. The molecule has 0 spiro atoms. The highest BCUT2D eigenvalue weighted by atomic mass is 16.5. The molecule has 0 fully saturated rings. The zero-order valence-electron chi connectivity index (χ0n) is 14.5. The molecule has 1 heterocycles. The van der Waals surface area contributed by atoms with E-state index >= 15 is 0 Å². The van der Waals surface area contributed by atoms with Crippen molar-refractivity contribution in [3.63, 3.8) is 0 Å². The third-order valence-electron chi connectivity index (χ3n) is 4.39. The van der Waals surface area contributed by atoms with Crippen LogP contribution in [-0.2, 0) is 11.2 Å². The largest absolute Gasteiger partial charge is 0.497 e. The fourth-order valence-electron chi connectivity index (χ4n) is 3.03. The predicted octanol–water partition coefficient (Wildman–Crippen LogP) is 3.89. The summed E-state index contributed by atoms with van der Waals surface area (Å²) >= 11 is 0. The van der Waals surface area contributed by atoms with Crippen LogP contribution in [0, 0.1) is 0 Å². The lowest BCUT2D eigenvalue weighted by Crippen LogP contribution is -2.34. The summed E-state index contributed by atoms with van der Waals surface area (Å²) in [5.74, 6) is 0.682. The van der Waals surface area contributed by atoms with E-state index in [0.29, 0.717) is 12.1 Å². The van der Waals surface area contributed by atoms with Crippen molar-refractivity contribution in [3.8, 4) is 5.75 Å². The first kappa shape index (κ1) is 17.0. The van der Waals surface area contributed by atoms with Crippen LogP contribution in [0.3, 0.4) is 0 Å². The predicted molar refractivity (Wildman–Crippen MR) is 99.1 cm³/mol. The van der Waals surface area contributed by atoms with Gasteiger partial charge in [-0.15, -0.1) is 0 Å². The van der Waals surface area contributed by atoms with E-state index in [0.717, 1.165) is 35.4 Å². The van der Waals surface area contributed by atoms with Crippen molar-refractivity contribution in [1.29, 1.82) is 0 Å². The van der Waals surface area contributed by atoms with Crippen LogP contribution in [0.4, 0.5) is 5.69 Å². The fourth-order valence-corrected chi connectivity index (χ4v) is 3.03. The molecule has 0 saturated heterocycles. The van der Waals surface area contributed by atoms with E-state index in [1.165, 1.54) is 0 Å². The summed E-state index contributed by atoms with van der Waals surface area (Å²) < 4.78 is 5.20. The molecule has 1 aliphatic rings. The van der Waals surface area contributed by atoms with Gasteiger partial charge < -0.3 is 9.64 Å². The maximum atomic E-state index is 12.7. The Labute approximate surface area is 147 Å². The lowest BCUT2D eigenvalue weighted by molar-refractivity contribution is -0.114. The highest BCUT2D eigenvalue weighted by molar-refractivity contribution is 6.05. The summed E-state index contributed by atoms with van der Waals surface area (Å²) in [6.45, 7) is 2.20. The van der Waals surface area contributed by atoms with Crippen LogP contribution in [0.5, 0.6) is 5.75 Å². The third-order valence-corrected chi connectivity index (χ3v) is 4.39. The summed E-state index contributed by atoms with van der Waals surface area (Å²) in [6.07, 6.45) is 5.21. The molecule has 2 aromatic carbocycles. The first-order chi connectivity index (χ1) is 12.1. The molecular weight excluding hydrogens is 314 g/mol. The van der Waals surface area contributed by atoms with Gasteiger partial charge in [0.15, 0.2) is 5.78 Å². The lowest BCUT2D eigenvalue weighted by atomic mass is 9.98. The molecule has 0 saturated carbocycles. The molecule has 1 aliphatic heterocycles. The number of Topliss-reactive ketones (excluding diaryl/α,β-unsaturated/α-hetero) is 1. The second-order valence-electron chi connectivity index (χ2n) is 6.10. The average molecular weight is 335 g/mol. The SMILES string of the molecule is COc1cccc(/C=C/C(=O)N2CCCc3ccc(C(C)=O)cc32)c1. The minimum absolute atomic E-state index is 0.00713. The van der Waals surface area contributed by atoms with Crippen LogP contribution in [0.25, 0.3) is 6.08 Å². The highest BCUT2D eigenvalue weighted by Gasteiger charge is 2.21. The molecule has 0 N–H and O–H groups in total. The van der Waals surface area contributed by atoms with E-state index in [4.69, 9.17) is 4.74 Å². The Hall–Kier alpha value is -2.88. The molecular formula is C21H21NO3. The zero-order valence-corrected chi connectivity index (χ0v) is 14.5. The van der Waals surface area contributed by atoms with Gasteiger partial charge >= 0.3 is 0 Å². The first-order valence-electron chi connectivity index (χ1n) is 8.36. The molecule has 0 unspecified atom stereocenters. The number of methoxy groups -OCH3 is 1. The van der Waals surface area contributed by atoms with Gasteiger partial charge in [0.1, 0.15) is 5.75 Å². The highest BCUT2D eigenvalue weighted by Crippen LogP contribution is 2.29. The Morgan fingerprint density at radius 2 is 2.00 bits per heavy atom. The van der Waals surface area contributed by atoms with Gasteiger partial charge in [0, 0.05) is 23.9 Å². The molecule has 1 amide bonds. The van der Waals surface area contributed by atoms with Gasteiger partial charge in [-0.1, -0.05) is 24.3 Å². The Bertz CT molecular complexity index is 839. The molecule has 25 heavy (non-hydrogen) atoms. The Morgan fingerprint density at radius 1 is 1.16 bits per heavy atom. The second kappa shape index (κ2) is 7.34. The minimum atomic E-state index is -0.0792. The van der Waals surface area contributed by atoms with E-state index in [1.54, 1.807) is 31.1 Å². The molecule has 3 rings (SSSR count). The standard InChI is InChI=1S/C21H21NO3/c1-15(23)18-10-9-17-6-4-12-22(20(17)14-18)21(24)11-8-16-5-3-7-19(13-16)25-2/h3,5,7-11,13-14H,4,6,12H2,1-2H3/b11-8+. The van der Waals surface area contributed by atoms with Crippen molar-refractivity contribution in [1.82, 2.24) is 0 Å². The minimum Gasteiger partial charge on any atom is -0.497 e. The van der Waals surface area contributed by atoms with Gasteiger partial charge in [0.25, 0.3) is 5.91 Å². The molecule has 128 valence electrons. The van der Waals surface area contributed by atoms with Gasteiger partial charge in [0.2, 0.25) is 0 Å². The van der Waals surface area contributed by atoms with Crippen LogP contribution in [-0.4, -0.2) is 25.3 Å². The van der Waals surface area contributed by atoms with Crippen molar-refractivity contribution < 1.29 is 14.3 Å². The average Bonchev–Trinajstić information content (AvgIpc) is 2.65. The smallest absolute Gasteiger partial charge is 0.250 e. The monoisotopic (exact) mass is 335 g/mol. The topological polar surface area (TPSA) is 46.6 Å². The number of ether oxygens (including phenoxy) is 1. The van der Waals surface area contributed by atoms with Crippen LogP contribution in [0.15, 0.2) is 48.5 Å². The van der Waals surface area contributed by atoms with Gasteiger partial charge in [-0.25, -0.2) is 0 Å². The summed E-state index contributed by atoms with van der Waals surface area (Å²) in [5, 5.41) is 0. The number of nitrogens with zero attached hydrogens (tertiary/aromatic N) is 1. The van der Waals surface area contributed by atoms with Crippen molar-refractivity contribution in [2.75, 3.05) is 18.6 Å². The summed E-state index contributed by atoms with van der Waals surface area (Å²) in [5.41, 5.74) is 3.50.